The molecule has 1 atom stereocenters. The van der Waals surface area contributed by atoms with Crippen LogP contribution in [-0.2, 0) is 9.59 Å². The predicted molar refractivity (Wildman–Crippen MR) is 79.9 cm³/mol. The Bertz CT molecular complexity index is 310. The smallest absolute Gasteiger partial charge is 0.321 e. The van der Waals surface area contributed by atoms with Gasteiger partial charge >= 0.3 is 11.9 Å². The van der Waals surface area contributed by atoms with Gasteiger partial charge in [0.1, 0.15) is 6.04 Å². The molecular weight excluding hydrogens is 286 g/mol. The van der Waals surface area contributed by atoms with Crippen LogP contribution in [0.1, 0.15) is 12.8 Å². The van der Waals surface area contributed by atoms with Crippen LogP contribution in [0.15, 0.2) is 4.99 Å². The van der Waals surface area contributed by atoms with Gasteiger partial charge in [0.2, 0.25) is 0 Å². The maximum absolute atomic E-state index is 10.2. The van der Waals surface area contributed by atoms with E-state index < -0.39 is 18.0 Å². The van der Waals surface area contributed by atoms with E-state index in [4.69, 9.17) is 27.4 Å². The number of rotatable bonds is 9. The average Bonchev–Trinajstić information content (AvgIpc) is 2.35. The van der Waals surface area contributed by atoms with Crippen molar-refractivity contribution in [1.82, 2.24) is 5.32 Å². The quantitative estimate of drug-likeness (QED) is 0.111. The van der Waals surface area contributed by atoms with Crippen LogP contribution in [-0.4, -0.2) is 59.5 Å². The number of unbranched alkanes of at least 4 members (excludes halogenated alkanes) is 1. The van der Waals surface area contributed by atoms with Crippen LogP contribution in [0.5, 0.6) is 0 Å². The molecule has 0 radical (unpaired) electrons. The van der Waals surface area contributed by atoms with Gasteiger partial charge in [0.05, 0.1) is 6.54 Å². The fourth-order valence-electron chi connectivity index (χ4n) is 0.905. The van der Waals surface area contributed by atoms with Gasteiger partial charge < -0.3 is 27.4 Å². The van der Waals surface area contributed by atoms with Gasteiger partial charge in [-0.2, -0.15) is 12.6 Å². The normalized spacial score (nSPS) is 10.9. The Morgan fingerprint density at radius 1 is 1.25 bits per heavy atom. The molecule has 118 valence electrons. The van der Waals surface area contributed by atoms with Crippen LogP contribution in [0.4, 0.5) is 0 Å². The number of aliphatic imine (C=N–C) groups is 1. The van der Waals surface area contributed by atoms with Gasteiger partial charge in [0, 0.05) is 12.3 Å². The zero-order chi connectivity index (χ0) is 16.0. The first-order valence-electron chi connectivity index (χ1n) is 5.89. The van der Waals surface area contributed by atoms with E-state index in [1.807, 2.05) is 0 Å². The number of carbonyl (C=O) groups is 2. The molecular formula is C10H23N5O4S. The lowest BCUT2D eigenvalue weighted by Gasteiger charge is -2.08. The van der Waals surface area contributed by atoms with Crippen molar-refractivity contribution < 1.29 is 19.8 Å². The first-order chi connectivity index (χ1) is 9.34. The first kappa shape index (κ1) is 20.8. The molecule has 20 heavy (non-hydrogen) atoms. The van der Waals surface area contributed by atoms with Gasteiger partial charge in [-0.3, -0.25) is 19.9 Å². The summed E-state index contributed by atoms with van der Waals surface area (Å²) in [6.45, 7) is 1.04. The third-order valence-electron chi connectivity index (χ3n) is 1.89. The van der Waals surface area contributed by atoms with Crippen LogP contribution in [0.25, 0.3) is 0 Å². The lowest BCUT2D eigenvalue weighted by molar-refractivity contribution is -0.139. The predicted octanol–water partition coefficient (Wildman–Crippen LogP) is -1.96. The molecule has 0 saturated carbocycles. The molecule has 0 aromatic rings. The highest BCUT2D eigenvalue weighted by Gasteiger charge is 2.14. The summed E-state index contributed by atoms with van der Waals surface area (Å²) in [7, 11) is 0. The van der Waals surface area contributed by atoms with E-state index >= 15 is 0 Å². The van der Waals surface area contributed by atoms with Crippen LogP contribution in [0.3, 0.4) is 0 Å². The second-order valence-corrected chi connectivity index (χ2v) is 4.02. The third-order valence-corrected chi connectivity index (χ3v) is 2.25. The molecule has 0 unspecified atom stereocenters. The summed E-state index contributed by atoms with van der Waals surface area (Å²) in [6, 6.07) is -0.894. The molecule has 0 aliphatic heterocycles. The summed E-state index contributed by atoms with van der Waals surface area (Å²) in [5.41, 5.74) is 15.4. The molecule has 0 saturated heterocycles. The van der Waals surface area contributed by atoms with Crippen molar-refractivity contribution in [2.45, 2.75) is 18.9 Å². The monoisotopic (exact) mass is 309 g/mol. The molecule has 9 nitrogen and oxygen atoms in total. The zero-order valence-corrected chi connectivity index (χ0v) is 12.1. The zero-order valence-electron chi connectivity index (χ0n) is 11.2. The van der Waals surface area contributed by atoms with E-state index in [2.05, 4.69) is 22.9 Å². The summed E-state index contributed by atoms with van der Waals surface area (Å²) in [4.78, 5) is 24.0. The van der Waals surface area contributed by atoms with E-state index in [-0.39, 0.29) is 18.3 Å². The van der Waals surface area contributed by atoms with Crippen molar-refractivity contribution >= 4 is 30.5 Å². The van der Waals surface area contributed by atoms with E-state index in [1.54, 1.807) is 0 Å². The van der Waals surface area contributed by atoms with Crippen LogP contribution in [0, 0.1) is 0 Å². The van der Waals surface area contributed by atoms with Gasteiger partial charge in [-0.1, -0.05) is 0 Å². The summed E-state index contributed by atoms with van der Waals surface area (Å²) in [5.74, 6) is -1.95. The molecule has 0 aliphatic rings. The number of carboxylic acid groups (broad SMARTS) is 2. The van der Waals surface area contributed by atoms with Gasteiger partial charge in [-0.25, -0.2) is 0 Å². The Morgan fingerprint density at radius 3 is 2.20 bits per heavy atom. The molecule has 9 N–H and O–H groups in total. The summed E-state index contributed by atoms with van der Waals surface area (Å²) >= 11 is 3.72. The molecule has 0 aromatic heterocycles. The number of carboxylic acids is 2. The maximum Gasteiger partial charge on any atom is 0.321 e. The SMILES string of the molecule is NCCCCN=C(N)N.O=C(O)CN[C@@H](CS)C(=O)O. The Labute approximate surface area is 123 Å². The largest absolute Gasteiger partial charge is 0.480 e. The van der Waals surface area contributed by atoms with Crippen molar-refractivity contribution in [2.24, 2.45) is 22.2 Å². The highest BCUT2D eigenvalue weighted by Crippen LogP contribution is 1.86. The molecule has 0 fully saturated rings. The number of hydrogen-bond donors (Lipinski definition) is 7. The minimum atomic E-state index is -1.10. The molecule has 0 spiro atoms. The van der Waals surface area contributed by atoms with E-state index in [0.29, 0.717) is 13.1 Å². The standard InChI is InChI=1S/C5H14N4.C5H9NO4S/c6-3-1-2-4-9-5(7)8;7-4(8)1-6-3(2-11)5(9)10/h1-4,6H2,(H4,7,8,9);3,6,11H,1-2H2,(H,7,8)(H,9,10)/t;3-/m.0/s1. The highest BCUT2D eigenvalue weighted by molar-refractivity contribution is 7.80. The summed E-state index contributed by atoms with van der Waals surface area (Å²) in [5, 5.41) is 18.8. The number of nitrogens with two attached hydrogens (primary N) is 3. The molecule has 0 aromatic carbocycles. The topological polar surface area (TPSA) is 177 Å². The lowest BCUT2D eigenvalue weighted by Crippen LogP contribution is -2.40. The lowest BCUT2D eigenvalue weighted by atomic mass is 10.3. The number of hydrogen-bond acceptors (Lipinski definition) is 6. The van der Waals surface area contributed by atoms with E-state index in [1.165, 1.54) is 0 Å². The number of guanidine groups is 1. The van der Waals surface area contributed by atoms with Crippen LogP contribution >= 0.6 is 12.6 Å². The minimum absolute atomic E-state index is 0.0720. The fourth-order valence-corrected chi connectivity index (χ4v) is 1.19. The maximum atomic E-state index is 10.2. The fraction of sp³-hybridized carbons (Fsp3) is 0.700. The number of thiol groups is 1. The molecule has 10 heteroatoms. The Hall–Kier alpha value is -1.52. The van der Waals surface area contributed by atoms with Crippen molar-refractivity contribution in [3.63, 3.8) is 0 Å². The van der Waals surface area contributed by atoms with Crippen LogP contribution < -0.4 is 22.5 Å². The number of nitrogens with one attached hydrogen (secondary N) is 1. The second kappa shape index (κ2) is 13.9. The molecule has 0 aliphatic carbocycles. The first-order valence-corrected chi connectivity index (χ1v) is 6.52. The van der Waals surface area contributed by atoms with Gasteiger partial charge in [0.15, 0.2) is 5.96 Å². The molecule has 0 bridgehead atoms. The Balaban J connectivity index is 0. The number of aliphatic carboxylic acids is 2. The Kier molecular flexibility index (Phi) is 14.5. The van der Waals surface area contributed by atoms with Gasteiger partial charge in [-0.05, 0) is 19.4 Å². The summed E-state index contributed by atoms with van der Waals surface area (Å²) in [6.07, 6.45) is 1.95. The minimum Gasteiger partial charge on any atom is -0.480 e. The molecule has 0 heterocycles. The Morgan fingerprint density at radius 2 is 1.85 bits per heavy atom. The van der Waals surface area contributed by atoms with Crippen molar-refractivity contribution in [3.8, 4) is 0 Å². The van der Waals surface area contributed by atoms with Gasteiger partial charge in [-0.15, -0.1) is 0 Å². The molecule has 0 rings (SSSR count). The highest BCUT2D eigenvalue weighted by atomic mass is 32.1. The molecule has 0 amide bonds. The van der Waals surface area contributed by atoms with E-state index in [0.717, 1.165) is 12.8 Å². The van der Waals surface area contributed by atoms with Crippen LogP contribution in [0.2, 0.25) is 0 Å². The second-order valence-electron chi connectivity index (χ2n) is 3.65. The van der Waals surface area contributed by atoms with Crippen molar-refractivity contribution in [1.29, 1.82) is 0 Å². The average molecular weight is 309 g/mol. The van der Waals surface area contributed by atoms with Crippen molar-refractivity contribution in [2.75, 3.05) is 25.4 Å². The summed E-state index contributed by atoms with van der Waals surface area (Å²) < 4.78 is 0. The third kappa shape index (κ3) is 16.5. The number of nitrogens with zero attached hydrogens (tertiary/aromatic N) is 1. The van der Waals surface area contributed by atoms with E-state index in [9.17, 15) is 9.59 Å². The van der Waals surface area contributed by atoms with Gasteiger partial charge in [0.25, 0.3) is 0 Å². The van der Waals surface area contributed by atoms with Crippen molar-refractivity contribution in [3.05, 3.63) is 0 Å².